The zero-order chi connectivity index (χ0) is 25.1. The van der Waals surface area contributed by atoms with E-state index in [1.54, 1.807) is 62.6 Å². The molecule has 0 fully saturated rings. The topological polar surface area (TPSA) is 109 Å². The Bertz CT molecular complexity index is 1580. The van der Waals surface area contributed by atoms with Crippen molar-refractivity contribution in [3.63, 3.8) is 0 Å². The van der Waals surface area contributed by atoms with Crippen molar-refractivity contribution in [2.24, 2.45) is 0 Å². The molecule has 0 aliphatic rings. The maximum absolute atomic E-state index is 13.2. The second-order valence-corrected chi connectivity index (χ2v) is 8.06. The van der Waals surface area contributed by atoms with E-state index in [4.69, 9.17) is 13.9 Å². The largest absolute Gasteiger partial charge is 0.497 e. The Morgan fingerprint density at radius 1 is 0.944 bits per heavy atom. The summed E-state index contributed by atoms with van der Waals surface area (Å²) in [6, 6.07) is 23.4. The Hall–Kier alpha value is -4.79. The lowest BCUT2D eigenvalue weighted by Gasteiger charge is -2.13. The molecule has 0 aliphatic carbocycles. The highest BCUT2D eigenvalue weighted by Gasteiger charge is 2.24. The highest BCUT2D eigenvalue weighted by molar-refractivity contribution is 6.02. The van der Waals surface area contributed by atoms with Crippen molar-refractivity contribution in [1.82, 2.24) is 20.0 Å². The summed E-state index contributed by atoms with van der Waals surface area (Å²) >= 11 is 0. The Morgan fingerprint density at radius 2 is 1.64 bits per heavy atom. The number of hydrogen-bond donors (Lipinski definition) is 0. The number of aromatic nitrogens is 4. The van der Waals surface area contributed by atoms with E-state index in [0.717, 1.165) is 5.56 Å². The SMILES string of the molecule is COc1ccc(-c2nnc([C@@H](C)OC(=O)c3nn(Cc4ccccc4)c(=O)c4ccccc34)o2)cc1. The molecule has 36 heavy (non-hydrogen) atoms. The summed E-state index contributed by atoms with van der Waals surface area (Å²) in [4.78, 5) is 26.2. The molecule has 1 atom stereocenters. The first kappa shape index (κ1) is 23.0. The number of benzene rings is 3. The first-order chi connectivity index (χ1) is 17.5. The van der Waals surface area contributed by atoms with E-state index in [-0.39, 0.29) is 29.6 Å². The highest BCUT2D eigenvalue weighted by atomic mass is 16.6. The molecule has 180 valence electrons. The lowest BCUT2D eigenvalue weighted by Crippen LogP contribution is -2.27. The minimum Gasteiger partial charge on any atom is -0.497 e. The minimum atomic E-state index is -0.841. The molecule has 0 radical (unpaired) electrons. The summed E-state index contributed by atoms with van der Waals surface area (Å²) in [5.74, 6) is 0.422. The van der Waals surface area contributed by atoms with Gasteiger partial charge in [-0.15, -0.1) is 10.2 Å². The van der Waals surface area contributed by atoms with Crippen LogP contribution in [0.15, 0.2) is 88.1 Å². The summed E-state index contributed by atoms with van der Waals surface area (Å²) in [6.45, 7) is 1.85. The molecule has 0 aliphatic heterocycles. The van der Waals surface area contributed by atoms with Gasteiger partial charge in [-0.25, -0.2) is 9.48 Å². The molecule has 9 nitrogen and oxygen atoms in total. The third kappa shape index (κ3) is 4.58. The maximum atomic E-state index is 13.2. The molecular weight excluding hydrogens is 460 g/mol. The van der Waals surface area contributed by atoms with Crippen LogP contribution in [0.4, 0.5) is 0 Å². The molecular formula is C27H22N4O5. The molecule has 0 amide bonds. The number of fused-ring (bicyclic) bond motifs is 1. The van der Waals surface area contributed by atoms with E-state index in [2.05, 4.69) is 15.3 Å². The van der Waals surface area contributed by atoms with Gasteiger partial charge in [-0.05, 0) is 42.8 Å². The van der Waals surface area contributed by atoms with Gasteiger partial charge < -0.3 is 13.9 Å². The number of ether oxygens (including phenoxy) is 2. The molecule has 0 saturated heterocycles. The third-order valence-corrected chi connectivity index (χ3v) is 5.65. The van der Waals surface area contributed by atoms with Crippen molar-refractivity contribution in [2.45, 2.75) is 19.6 Å². The van der Waals surface area contributed by atoms with E-state index >= 15 is 0 Å². The Labute approximate surface area is 205 Å². The normalized spacial score (nSPS) is 11.8. The number of hydrogen-bond acceptors (Lipinski definition) is 8. The van der Waals surface area contributed by atoms with Gasteiger partial charge in [0.05, 0.1) is 19.0 Å². The van der Waals surface area contributed by atoms with Gasteiger partial charge in [-0.1, -0.05) is 48.5 Å². The van der Waals surface area contributed by atoms with Crippen molar-refractivity contribution < 1.29 is 18.7 Å². The van der Waals surface area contributed by atoms with Gasteiger partial charge >= 0.3 is 5.97 Å². The van der Waals surface area contributed by atoms with Crippen LogP contribution in [0.3, 0.4) is 0 Å². The van der Waals surface area contributed by atoms with Crippen LogP contribution in [0.5, 0.6) is 5.75 Å². The summed E-state index contributed by atoms with van der Waals surface area (Å²) in [7, 11) is 1.58. The summed E-state index contributed by atoms with van der Waals surface area (Å²) in [5, 5.41) is 13.2. The standard InChI is InChI=1S/C27H22N4O5/c1-17(24-28-29-25(36-24)19-12-14-20(34-2)15-13-19)35-27(33)23-21-10-6-7-11-22(21)26(32)31(30-23)16-18-8-4-3-5-9-18/h3-15,17H,16H2,1-2H3/t17-/m1/s1. The predicted octanol–water partition coefficient (Wildman–Crippen LogP) is 4.42. The third-order valence-electron chi connectivity index (χ3n) is 5.65. The van der Waals surface area contributed by atoms with Crippen LogP contribution in [0.1, 0.15) is 35.0 Å². The van der Waals surface area contributed by atoms with Gasteiger partial charge in [-0.2, -0.15) is 5.10 Å². The van der Waals surface area contributed by atoms with E-state index in [1.165, 1.54) is 4.68 Å². The molecule has 9 heteroatoms. The summed E-state index contributed by atoms with van der Waals surface area (Å²) < 4.78 is 17.8. The molecule has 0 unspecified atom stereocenters. The van der Waals surface area contributed by atoms with Gasteiger partial charge in [-0.3, -0.25) is 4.79 Å². The summed E-state index contributed by atoms with van der Waals surface area (Å²) in [6.07, 6.45) is -0.841. The average molecular weight is 482 g/mol. The fourth-order valence-corrected chi connectivity index (χ4v) is 3.77. The number of carbonyl (C=O) groups is 1. The van der Waals surface area contributed by atoms with Crippen molar-refractivity contribution in [3.05, 3.63) is 106 Å². The molecule has 2 heterocycles. The van der Waals surface area contributed by atoms with Crippen LogP contribution in [-0.2, 0) is 11.3 Å². The minimum absolute atomic E-state index is 0.0304. The second kappa shape index (κ2) is 9.83. The molecule has 5 aromatic rings. The lowest BCUT2D eigenvalue weighted by molar-refractivity contribution is 0.0272. The molecule has 0 bridgehead atoms. The van der Waals surface area contributed by atoms with Crippen molar-refractivity contribution in [1.29, 1.82) is 0 Å². The van der Waals surface area contributed by atoms with Crippen LogP contribution < -0.4 is 10.3 Å². The van der Waals surface area contributed by atoms with Crippen LogP contribution in [0.2, 0.25) is 0 Å². The average Bonchev–Trinajstić information content (AvgIpc) is 3.41. The maximum Gasteiger partial charge on any atom is 0.360 e. The Kier molecular flexibility index (Phi) is 6.27. The monoisotopic (exact) mass is 482 g/mol. The van der Waals surface area contributed by atoms with Crippen LogP contribution >= 0.6 is 0 Å². The number of nitrogens with zero attached hydrogens (tertiary/aromatic N) is 4. The molecule has 5 rings (SSSR count). The zero-order valence-electron chi connectivity index (χ0n) is 19.6. The molecule has 0 N–H and O–H groups in total. The first-order valence-corrected chi connectivity index (χ1v) is 11.3. The van der Waals surface area contributed by atoms with Gasteiger partial charge in [0.2, 0.25) is 5.89 Å². The van der Waals surface area contributed by atoms with E-state index < -0.39 is 12.1 Å². The van der Waals surface area contributed by atoms with E-state index in [9.17, 15) is 9.59 Å². The fraction of sp³-hybridized carbons (Fsp3) is 0.148. The molecule has 2 aromatic heterocycles. The molecule has 0 saturated carbocycles. The smallest absolute Gasteiger partial charge is 0.360 e. The van der Waals surface area contributed by atoms with Crippen molar-refractivity contribution >= 4 is 16.7 Å². The van der Waals surface area contributed by atoms with E-state index in [1.807, 2.05) is 30.3 Å². The van der Waals surface area contributed by atoms with Crippen molar-refractivity contribution in [3.8, 4) is 17.2 Å². The Balaban J connectivity index is 1.42. The fourth-order valence-electron chi connectivity index (χ4n) is 3.77. The Morgan fingerprint density at radius 3 is 2.36 bits per heavy atom. The second-order valence-electron chi connectivity index (χ2n) is 8.06. The quantitative estimate of drug-likeness (QED) is 0.314. The zero-order valence-corrected chi connectivity index (χ0v) is 19.6. The number of methoxy groups -OCH3 is 1. The van der Waals surface area contributed by atoms with Gasteiger partial charge in [0, 0.05) is 10.9 Å². The number of rotatable bonds is 7. The number of carbonyl (C=O) groups excluding carboxylic acids is 1. The van der Waals surface area contributed by atoms with Gasteiger partial charge in [0.1, 0.15) is 5.75 Å². The van der Waals surface area contributed by atoms with Crippen LogP contribution in [0.25, 0.3) is 22.2 Å². The molecule has 3 aromatic carbocycles. The van der Waals surface area contributed by atoms with Crippen LogP contribution in [0, 0.1) is 0 Å². The summed E-state index contributed by atoms with van der Waals surface area (Å²) in [5.41, 5.74) is 1.32. The van der Waals surface area contributed by atoms with Gasteiger partial charge in [0.25, 0.3) is 11.4 Å². The number of esters is 1. The predicted molar refractivity (Wildman–Crippen MR) is 132 cm³/mol. The van der Waals surface area contributed by atoms with Gasteiger partial charge in [0.15, 0.2) is 11.8 Å². The first-order valence-electron chi connectivity index (χ1n) is 11.3. The lowest BCUT2D eigenvalue weighted by atomic mass is 10.1. The molecule has 0 spiro atoms. The highest BCUT2D eigenvalue weighted by Crippen LogP contribution is 2.25. The van der Waals surface area contributed by atoms with Crippen molar-refractivity contribution in [2.75, 3.05) is 7.11 Å². The van der Waals surface area contributed by atoms with E-state index in [0.29, 0.717) is 22.1 Å². The van der Waals surface area contributed by atoms with Crippen LogP contribution in [-0.4, -0.2) is 33.1 Å².